The molecule has 1 aliphatic rings. The fourth-order valence-electron chi connectivity index (χ4n) is 3.52. The van der Waals surface area contributed by atoms with Crippen LogP contribution in [-0.4, -0.2) is 45.9 Å². The molecule has 0 amide bonds. The van der Waals surface area contributed by atoms with Gasteiger partial charge in [-0.3, -0.25) is 14.9 Å². The minimum Gasteiger partial charge on any atom is -0.744 e. The number of nitrogens with zero attached hydrogens (tertiary/aromatic N) is 1. The zero-order chi connectivity index (χ0) is 27.9. The molecular weight excluding hydrogens is 604 g/mol. The van der Waals surface area contributed by atoms with Crippen molar-refractivity contribution in [1.29, 1.82) is 0 Å². The molecule has 198 valence electrons. The molecule has 0 bridgehead atoms. The zero-order valence-electron chi connectivity index (χ0n) is 21.3. The SMILES string of the molecule is Cc1ccc(S(=O)(=O)Nc2cc(S(=O)(=O)[O-])cc3c2C(=O)/C(=N\Nc2ccccc2)C(S(=O)(=O)[O-])=C3)cc1.[Na+].[Na+]. The number of hydrazone groups is 1. The third-order valence-corrected chi connectivity index (χ3v) is 8.35. The minimum atomic E-state index is -5.35. The number of anilines is 2. The Morgan fingerprint density at radius 2 is 1.38 bits per heavy atom. The van der Waals surface area contributed by atoms with E-state index in [0.717, 1.165) is 5.56 Å². The van der Waals surface area contributed by atoms with E-state index in [1.165, 1.54) is 36.4 Å². The standard InChI is InChI=1S/C23H19N3O9S3.2Na/c1-14-7-9-17(10-8-14)36(28,29)26-19-13-18(37(30,31)32)11-15-12-20(38(33,34)35)22(23(27)21(15)19)25-24-16-5-3-2-4-6-16;;/h2-13,24,26H,1H3,(H,30,31,32)(H,33,34,35);;/q;2*+1/p-2/b25-22-;;. The van der Waals surface area contributed by atoms with Crippen LogP contribution in [0, 0.1) is 6.92 Å². The van der Waals surface area contributed by atoms with Crippen molar-refractivity contribution >= 4 is 59.2 Å². The summed E-state index contributed by atoms with van der Waals surface area (Å²) in [5.41, 5.74) is 1.02. The second-order valence-electron chi connectivity index (χ2n) is 8.04. The number of nitrogens with one attached hydrogen (secondary N) is 2. The average Bonchev–Trinajstić information content (AvgIpc) is 2.82. The van der Waals surface area contributed by atoms with Crippen LogP contribution in [0.4, 0.5) is 11.4 Å². The monoisotopic (exact) mass is 621 g/mol. The van der Waals surface area contributed by atoms with Crippen LogP contribution in [0.25, 0.3) is 6.08 Å². The third-order valence-electron chi connectivity index (χ3n) is 5.31. The number of hydrogen-bond donors (Lipinski definition) is 2. The van der Waals surface area contributed by atoms with Gasteiger partial charge in [-0.25, -0.2) is 25.3 Å². The van der Waals surface area contributed by atoms with Crippen LogP contribution in [0.3, 0.4) is 0 Å². The number of hydrogen-bond acceptors (Lipinski definition) is 11. The van der Waals surface area contributed by atoms with Crippen LogP contribution in [0.15, 0.2) is 86.5 Å². The Kier molecular flexibility index (Phi) is 11.1. The third kappa shape index (κ3) is 7.68. The molecule has 0 aromatic heterocycles. The summed E-state index contributed by atoms with van der Waals surface area (Å²) in [6, 6.07) is 14.8. The van der Waals surface area contributed by atoms with Crippen LogP contribution in [-0.2, 0) is 30.3 Å². The molecule has 0 atom stereocenters. The molecule has 0 heterocycles. The van der Waals surface area contributed by atoms with Crippen LogP contribution in [0.5, 0.6) is 0 Å². The summed E-state index contributed by atoms with van der Waals surface area (Å²) >= 11 is 0. The first-order valence-electron chi connectivity index (χ1n) is 10.5. The molecule has 3 aromatic carbocycles. The zero-order valence-corrected chi connectivity index (χ0v) is 27.7. The van der Waals surface area contributed by atoms with Gasteiger partial charge in [0.25, 0.3) is 10.0 Å². The van der Waals surface area contributed by atoms with Crippen molar-refractivity contribution in [2.45, 2.75) is 16.7 Å². The number of Topliss-reactive ketones (excluding diaryl/α,β-unsaturated/α-hetero) is 1. The van der Waals surface area contributed by atoms with Crippen molar-refractivity contribution in [1.82, 2.24) is 0 Å². The first kappa shape index (κ1) is 34.3. The second-order valence-corrected chi connectivity index (χ2v) is 12.4. The molecule has 0 spiro atoms. The van der Waals surface area contributed by atoms with Crippen molar-refractivity contribution in [3.8, 4) is 0 Å². The Hall–Kier alpha value is -1.89. The Labute approximate surface area is 275 Å². The van der Waals surface area contributed by atoms with E-state index in [4.69, 9.17) is 0 Å². The molecule has 2 N–H and O–H groups in total. The number of fused-ring (bicyclic) bond motifs is 1. The van der Waals surface area contributed by atoms with Crippen molar-refractivity contribution in [3.05, 3.63) is 88.3 Å². The molecular formula is C23H17N3Na2O9S3. The van der Waals surface area contributed by atoms with Gasteiger partial charge in [0.15, 0.2) is 0 Å². The molecule has 12 nitrogen and oxygen atoms in total. The predicted octanol–water partition coefficient (Wildman–Crippen LogP) is -3.74. The summed E-state index contributed by atoms with van der Waals surface area (Å²) in [6.45, 7) is 1.72. The summed E-state index contributed by atoms with van der Waals surface area (Å²) < 4.78 is 99.5. The van der Waals surface area contributed by atoms with Gasteiger partial charge in [-0.2, -0.15) is 5.10 Å². The summed E-state index contributed by atoms with van der Waals surface area (Å²) in [7, 11) is -15.0. The number of rotatable bonds is 7. The minimum absolute atomic E-state index is 0. The maximum Gasteiger partial charge on any atom is 1.00 e. The Morgan fingerprint density at radius 1 is 0.775 bits per heavy atom. The summed E-state index contributed by atoms with van der Waals surface area (Å²) in [5.74, 6) is -1.21. The maximum absolute atomic E-state index is 13.5. The fraction of sp³-hybridized carbons (Fsp3) is 0.0435. The number of carbonyl (C=O) groups is 1. The number of carbonyl (C=O) groups excluding carboxylic acids is 1. The summed E-state index contributed by atoms with van der Waals surface area (Å²) in [6.07, 6.45) is 0.656. The van der Waals surface area contributed by atoms with Gasteiger partial charge in [-0.15, -0.1) is 0 Å². The largest absolute Gasteiger partial charge is 1.00 e. The fourth-order valence-corrected chi connectivity index (χ4v) is 5.76. The Morgan fingerprint density at radius 3 is 1.93 bits per heavy atom. The van der Waals surface area contributed by atoms with Crippen LogP contribution >= 0.6 is 0 Å². The van der Waals surface area contributed by atoms with Crippen LogP contribution in [0.1, 0.15) is 21.5 Å². The van der Waals surface area contributed by atoms with Gasteiger partial charge in [0.05, 0.1) is 31.6 Å². The van der Waals surface area contributed by atoms with E-state index in [9.17, 15) is 39.2 Å². The molecule has 4 rings (SSSR count). The first-order valence-corrected chi connectivity index (χ1v) is 14.8. The molecule has 40 heavy (non-hydrogen) atoms. The number of allylic oxidation sites excluding steroid dienone is 1. The predicted molar refractivity (Wildman–Crippen MR) is 136 cm³/mol. The van der Waals surface area contributed by atoms with E-state index >= 15 is 0 Å². The molecule has 1 aliphatic carbocycles. The Bertz CT molecular complexity index is 1840. The number of benzene rings is 3. The smallest absolute Gasteiger partial charge is 0.744 e. The van der Waals surface area contributed by atoms with Gasteiger partial charge < -0.3 is 9.11 Å². The van der Waals surface area contributed by atoms with Gasteiger partial charge >= 0.3 is 59.1 Å². The number of ketones is 1. The molecule has 0 radical (unpaired) electrons. The van der Waals surface area contributed by atoms with Gasteiger partial charge in [-0.1, -0.05) is 35.9 Å². The van der Waals surface area contributed by atoms with Gasteiger partial charge in [-0.05, 0) is 55.0 Å². The van der Waals surface area contributed by atoms with Crippen LogP contribution in [0.2, 0.25) is 0 Å². The van der Waals surface area contributed by atoms with E-state index in [2.05, 4.69) is 15.2 Å². The molecule has 0 saturated carbocycles. The number of aryl methyl sites for hydroxylation is 1. The van der Waals surface area contributed by atoms with Crippen molar-refractivity contribution in [2.75, 3.05) is 10.1 Å². The number of para-hydroxylation sites is 1. The molecule has 0 unspecified atom stereocenters. The summed E-state index contributed by atoms with van der Waals surface area (Å²) in [5, 5.41) is 3.77. The molecule has 0 fully saturated rings. The van der Waals surface area contributed by atoms with Gasteiger partial charge in [0, 0.05) is 0 Å². The normalized spacial score (nSPS) is 14.3. The van der Waals surface area contributed by atoms with Gasteiger partial charge in [0.1, 0.15) is 25.9 Å². The van der Waals surface area contributed by atoms with E-state index in [1.807, 2.05) is 0 Å². The second kappa shape index (κ2) is 13.0. The summed E-state index contributed by atoms with van der Waals surface area (Å²) in [4.78, 5) is 11.2. The van der Waals surface area contributed by atoms with Crippen molar-refractivity contribution in [2.24, 2.45) is 5.10 Å². The van der Waals surface area contributed by atoms with E-state index in [0.29, 0.717) is 23.9 Å². The van der Waals surface area contributed by atoms with E-state index in [-0.39, 0.29) is 64.0 Å². The quantitative estimate of drug-likeness (QED) is 0.150. The number of sulfonamides is 1. The topological polar surface area (TPSA) is 202 Å². The first-order chi connectivity index (χ1) is 17.7. The molecule has 0 saturated heterocycles. The molecule has 0 aliphatic heterocycles. The van der Waals surface area contributed by atoms with Crippen LogP contribution < -0.4 is 69.3 Å². The maximum atomic E-state index is 13.5. The molecule has 17 heteroatoms. The van der Waals surface area contributed by atoms with Gasteiger partial charge in [0.2, 0.25) is 5.78 Å². The van der Waals surface area contributed by atoms with E-state index in [1.54, 1.807) is 25.1 Å². The Balaban J connectivity index is 0.00000280. The molecule has 3 aromatic rings. The van der Waals surface area contributed by atoms with Crippen molar-refractivity contribution < 1.29 is 98.3 Å². The van der Waals surface area contributed by atoms with Crippen molar-refractivity contribution in [3.63, 3.8) is 0 Å². The van der Waals surface area contributed by atoms with E-state index < -0.39 is 68.4 Å². The average molecular weight is 622 g/mol.